The van der Waals surface area contributed by atoms with Crippen LogP contribution in [0.1, 0.15) is 25.3 Å². The first kappa shape index (κ1) is 12.3. The summed E-state index contributed by atoms with van der Waals surface area (Å²) in [5.74, 6) is 0.545. The lowest BCUT2D eigenvalue weighted by molar-refractivity contribution is 0.438. The molecular formula is C12H12Cl2N2O. The first-order valence-corrected chi connectivity index (χ1v) is 5.96. The van der Waals surface area contributed by atoms with Crippen molar-refractivity contribution in [1.82, 2.24) is 5.16 Å². The highest BCUT2D eigenvalue weighted by Gasteiger charge is 2.20. The fourth-order valence-electron chi connectivity index (χ4n) is 1.74. The van der Waals surface area contributed by atoms with Crippen molar-refractivity contribution < 1.29 is 4.52 Å². The molecule has 3 nitrogen and oxygen atoms in total. The molecule has 0 spiro atoms. The standard InChI is InChI=1S/C12H12Cl2N2O/c1-6(2)10-11(16-17-12(10)15)8-4-3-7(13)5-9(8)14/h3-6H,15H2,1-2H3. The van der Waals surface area contributed by atoms with E-state index >= 15 is 0 Å². The smallest absolute Gasteiger partial charge is 0.226 e. The van der Waals surface area contributed by atoms with E-state index < -0.39 is 0 Å². The highest BCUT2D eigenvalue weighted by atomic mass is 35.5. The van der Waals surface area contributed by atoms with E-state index in [-0.39, 0.29) is 5.92 Å². The molecule has 90 valence electrons. The van der Waals surface area contributed by atoms with E-state index in [0.29, 0.717) is 21.6 Å². The van der Waals surface area contributed by atoms with Crippen LogP contribution in [-0.2, 0) is 0 Å². The van der Waals surface area contributed by atoms with E-state index in [2.05, 4.69) is 5.16 Å². The average Bonchev–Trinajstić information content (AvgIpc) is 2.60. The highest BCUT2D eigenvalue weighted by Crippen LogP contribution is 2.37. The van der Waals surface area contributed by atoms with Gasteiger partial charge < -0.3 is 10.3 Å². The van der Waals surface area contributed by atoms with Gasteiger partial charge in [-0.25, -0.2) is 0 Å². The molecule has 0 unspecified atom stereocenters. The minimum absolute atomic E-state index is 0.211. The Balaban J connectivity index is 2.61. The van der Waals surface area contributed by atoms with Crippen LogP contribution in [-0.4, -0.2) is 5.16 Å². The lowest BCUT2D eigenvalue weighted by Crippen LogP contribution is -1.94. The van der Waals surface area contributed by atoms with Crippen molar-refractivity contribution in [3.63, 3.8) is 0 Å². The molecule has 0 saturated carbocycles. The summed E-state index contributed by atoms with van der Waals surface area (Å²) in [6.45, 7) is 4.05. The number of nitrogens with two attached hydrogens (primary N) is 1. The lowest BCUT2D eigenvalue weighted by Gasteiger charge is -2.07. The molecule has 2 aromatic rings. The zero-order chi connectivity index (χ0) is 12.6. The first-order chi connectivity index (χ1) is 8.00. The maximum Gasteiger partial charge on any atom is 0.226 e. The van der Waals surface area contributed by atoms with E-state index in [1.54, 1.807) is 12.1 Å². The fraction of sp³-hybridized carbons (Fsp3) is 0.250. The second-order valence-corrected chi connectivity index (χ2v) is 4.93. The zero-order valence-corrected chi connectivity index (χ0v) is 11.0. The number of benzene rings is 1. The van der Waals surface area contributed by atoms with Gasteiger partial charge in [0.25, 0.3) is 0 Å². The Hall–Kier alpha value is -1.19. The maximum absolute atomic E-state index is 6.14. The van der Waals surface area contributed by atoms with E-state index in [0.717, 1.165) is 11.1 Å². The number of nitrogens with zero attached hydrogens (tertiary/aromatic N) is 1. The van der Waals surface area contributed by atoms with Crippen LogP contribution in [0.25, 0.3) is 11.3 Å². The van der Waals surface area contributed by atoms with E-state index in [1.807, 2.05) is 19.9 Å². The number of anilines is 1. The van der Waals surface area contributed by atoms with Gasteiger partial charge in [-0.05, 0) is 24.1 Å². The molecule has 1 aromatic heterocycles. The van der Waals surface area contributed by atoms with Crippen LogP contribution in [0.3, 0.4) is 0 Å². The first-order valence-electron chi connectivity index (χ1n) is 5.21. The van der Waals surface area contributed by atoms with Crippen LogP contribution in [0.15, 0.2) is 22.7 Å². The van der Waals surface area contributed by atoms with Crippen molar-refractivity contribution in [1.29, 1.82) is 0 Å². The summed E-state index contributed by atoms with van der Waals surface area (Å²) < 4.78 is 5.03. The van der Waals surface area contributed by atoms with E-state index in [1.165, 1.54) is 0 Å². The highest BCUT2D eigenvalue weighted by molar-refractivity contribution is 6.36. The van der Waals surface area contributed by atoms with Crippen LogP contribution in [0.4, 0.5) is 5.88 Å². The molecule has 1 aromatic carbocycles. The van der Waals surface area contributed by atoms with Gasteiger partial charge in [-0.15, -0.1) is 0 Å². The Labute approximate surface area is 109 Å². The zero-order valence-electron chi connectivity index (χ0n) is 9.50. The molecule has 0 fully saturated rings. The van der Waals surface area contributed by atoms with Crippen LogP contribution >= 0.6 is 23.2 Å². The lowest BCUT2D eigenvalue weighted by atomic mass is 9.99. The summed E-state index contributed by atoms with van der Waals surface area (Å²) in [5.41, 5.74) is 8.09. The van der Waals surface area contributed by atoms with Crippen LogP contribution in [0.5, 0.6) is 0 Å². The second kappa shape index (κ2) is 4.59. The Morgan fingerprint density at radius 1 is 1.29 bits per heavy atom. The molecule has 0 bridgehead atoms. The Bertz CT molecular complexity index is 549. The summed E-state index contributed by atoms with van der Waals surface area (Å²) in [6, 6.07) is 5.25. The second-order valence-electron chi connectivity index (χ2n) is 4.09. The molecule has 0 atom stereocenters. The number of hydrogen-bond donors (Lipinski definition) is 1. The maximum atomic E-state index is 6.14. The summed E-state index contributed by atoms with van der Waals surface area (Å²) in [4.78, 5) is 0. The third-order valence-electron chi connectivity index (χ3n) is 2.52. The minimum Gasteiger partial charge on any atom is -0.367 e. The van der Waals surface area contributed by atoms with Gasteiger partial charge in [0, 0.05) is 16.1 Å². The molecule has 0 aliphatic heterocycles. The topological polar surface area (TPSA) is 52.0 Å². The molecule has 0 saturated heterocycles. The van der Waals surface area contributed by atoms with E-state index in [9.17, 15) is 0 Å². The summed E-state index contributed by atoms with van der Waals surface area (Å²) in [7, 11) is 0. The predicted molar refractivity (Wildman–Crippen MR) is 70.5 cm³/mol. The van der Waals surface area contributed by atoms with Gasteiger partial charge in [-0.2, -0.15) is 0 Å². The molecule has 0 amide bonds. The van der Waals surface area contributed by atoms with Gasteiger partial charge in [0.15, 0.2) is 0 Å². The molecule has 0 aliphatic rings. The van der Waals surface area contributed by atoms with Gasteiger partial charge in [0.05, 0.1) is 5.02 Å². The summed E-state index contributed by atoms with van der Waals surface area (Å²) >= 11 is 12.0. The Morgan fingerprint density at radius 2 is 2.00 bits per heavy atom. The van der Waals surface area contributed by atoms with E-state index in [4.69, 9.17) is 33.5 Å². The normalized spacial score (nSPS) is 11.1. The van der Waals surface area contributed by atoms with Crippen molar-refractivity contribution in [3.05, 3.63) is 33.8 Å². The summed E-state index contributed by atoms with van der Waals surface area (Å²) in [5, 5.41) is 5.09. The molecule has 2 N–H and O–H groups in total. The number of aromatic nitrogens is 1. The third kappa shape index (κ3) is 2.26. The number of rotatable bonds is 2. The predicted octanol–water partition coefficient (Wildman–Crippen LogP) is 4.35. The Morgan fingerprint density at radius 3 is 2.59 bits per heavy atom. The molecular weight excluding hydrogens is 259 g/mol. The van der Waals surface area contributed by atoms with Gasteiger partial charge in [-0.3, -0.25) is 0 Å². The van der Waals surface area contributed by atoms with Crippen molar-refractivity contribution in [2.24, 2.45) is 0 Å². The van der Waals surface area contributed by atoms with Crippen molar-refractivity contribution in [3.8, 4) is 11.3 Å². The molecule has 17 heavy (non-hydrogen) atoms. The van der Waals surface area contributed by atoms with Crippen LogP contribution < -0.4 is 5.73 Å². The molecule has 0 aliphatic carbocycles. The van der Waals surface area contributed by atoms with Gasteiger partial charge in [0.2, 0.25) is 5.88 Å². The monoisotopic (exact) mass is 270 g/mol. The number of hydrogen-bond acceptors (Lipinski definition) is 3. The third-order valence-corrected chi connectivity index (χ3v) is 3.07. The van der Waals surface area contributed by atoms with Crippen molar-refractivity contribution in [2.75, 3.05) is 5.73 Å². The summed E-state index contributed by atoms with van der Waals surface area (Å²) in [6.07, 6.45) is 0. The minimum atomic E-state index is 0.211. The molecule has 1 heterocycles. The van der Waals surface area contributed by atoms with Gasteiger partial charge >= 0.3 is 0 Å². The Kier molecular flexibility index (Phi) is 3.31. The molecule has 0 radical (unpaired) electrons. The average molecular weight is 271 g/mol. The van der Waals surface area contributed by atoms with Crippen molar-refractivity contribution >= 4 is 29.1 Å². The molecule has 2 rings (SSSR count). The van der Waals surface area contributed by atoms with Gasteiger partial charge in [-0.1, -0.05) is 42.2 Å². The van der Waals surface area contributed by atoms with Crippen molar-refractivity contribution in [2.45, 2.75) is 19.8 Å². The van der Waals surface area contributed by atoms with Crippen LogP contribution in [0, 0.1) is 0 Å². The number of halogens is 2. The SMILES string of the molecule is CC(C)c1c(-c2ccc(Cl)cc2Cl)noc1N. The fourth-order valence-corrected chi connectivity index (χ4v) is 2.24. The molecule has 5 heteroatoms. The van der Waals surface area contributed by atoms with Crippen LogP contribution in [0.2, 0.25) is 10.0 Å². The number of nitrogen functional groups attached to an aromatic ring is 1. The largest absolute Gasteiger partial charge is 0.367 e. The van der Waals surface area contributed by atoms with Gasteiger partial charge in [0.1, 0.15) is 5.69 Å². The quantitative estimate of drug-likeness (QED) is 0.883.